The van der Waals surface area contributed by atoms with Gasteiger partial charge in [-0.15, -0.1) is 0 Å². The molecule has 0 aliphatic rings. The highest BCUT2D eigenvalue weighted by atomic mass is 35.5. The Balaban J connectivity index is 1.87. The fourth-order valence-electron chi connectivity index (χ4n) is 2.45. The molecular formula is C19H24ClN3O4. The van der Waals surface area contributed by atoms with Crippen LogP contribution >= 0.6 is 11.6 Å². The minimum atomic E-state index is -0.660. The lowest BCUT2D eigenvalue weighted by molar-refractivity contribution is -0.124. The van der Waals surface area contributed by atoms with Gasteiger partial charge in [0.25, 0.3) is 5.91 Å². The monoisotopic (exact) mass is 393 g/mol. The highest BCUT2D eigenvalue weighted by Gasteiger charge is 2.22. The topological polar surface area (TPSA) is 82.4 Å². The van der Waals surface area contributed by atoms with Crippen molar-refractivity contribution in [1.29, 1.82) is 0 Å². The number of rotatable bonds is 8. The maximum absolute atomic E-state index is 12.3. The number of nitrogens with zero attached hydrogens (tertiary/aromatic N) is 2. The predicted molar refractivity (Wildman–Crippen MR) is 102 cm³/mol. The molecule has 1 amide bonds. The van der Waals surface area contributed by atoms with Gasteiger partial charge in [0.15, 0.2) is 6.61 Å². The van der Waals surface area contributed by atoms with Crippen LogP contribution in [0.15, 0.2) is 24.3 Å². The molecule has 1 aromatic heterocycles. The number of nitrogens with one attached hydrogen (secondary N) is 1. The molecule has 0 bridgehead atoms. The number of carbonyl (C=O) groups is 2. The number of ether oxygens (including phenoxy) is 2. The van der Waals surface area contributed by atoms with Gasteiger partial charge in [-0.2, -0.15) is 5.10 Å². The van der Waals surface area contributed by atoms with E-state index in [2.05, 4.69) is 10.4 Å². The van der Waals surface area contributed by atoms with Crippen molar-refractivity contribution in [3.8, 4) is 5.75 Å². The second-order valence-corrected chi connectivity index (χ2v) is 6.89. The second kappa shape index (κ2) is 9.41. The molecule has 0 aliphatic carbocycles. The number of hydrogen-bond acceptors (Lipinski definition) is 5. The third kappa shape index (κ3) is 5.72. The largest absolute Gasteiger partial charge is 0.497 e. The fraction of sp³-hybridized carbons (Fsp3) is 0.421. The molecule has 7 nitrogen and oxygen atoms in total. The third-order valence-electron chi connectivity index (χ3n) is 3.79. The van der Waals surface area contributed by atoms with Crippen LogP contribution in [0.2, 0.25) is 5.15 Å². The highest BCUT2D eigenvalue weighted by molar-refractivity contribution is 6.32. The van der Waals surface area contributed by atoms with Crippen LogP contribution in [0.4, 0.5) is 0 Å². The number of benzene rings is 1. The summed E-state index contributed by atoms with van der Waals surface area (Å²) in [6, 6.07) is 7.30. The van der Waals surface area contributed by atoms with Crippen LogP contribution in [0.3, 0.4) is 0 Å². The second-order valence-electron chi connectivity index (χ2n) is 6.53. The van der Waals surface area contributed by atoms with Crippen molar-refractivity contribution in [1.82, 2.24) is 15.1 Å². The number of amides is 1. The Labute approximate surface area is 163 Å². The van der Waals surface area contributed by atoms with Crippen LogP contribution in [-0.4, -0.2) is 35.4 Å². The summed E-state index contributed by atoms with van der Waals surface area (Å²) in [5.74, 6) is 0.00768. The van der Waals surface area contributed by atoms with E-state index >= 15 is 0 Å². The molecule has 2 aromatic rings. The predicted octanol–water partition coefficient (Wildman–Crippen LogP) is 2.98. The van der Waals surface area contributed by atoms with Gasteiger partial charge < -0.3 is 14.8 Å². The van der Waals surface area contributed by atoms with E-state index in [9.17, 15) is 9.59 Å². The Morgan fingerprint density at radius 3 is 2.52 bits per heavy atom. The third-order valence-corrected chi connectivity index (χ3v) is 4.17. The minimum absolute atomic E-state index is 0.195. The summed E-state index contributed by atoms with van der Waals surface area (Å²) in [4.78, 5) is 24.2. The number of aryl methyl sites for hydroxylation is 1. The first-order chi connectivity index (χ1) is 12.8. The minimum Gasteiger partial charge on any atom is -0.497 e. The summed E-state index contributed by atoms with van der Waals surface area (Å²) in [5.41, 5.74) is 1.58. The zero-order chi connectivity index (χ0) is 20.0. The van der Waals surface area contributed by atoms with Gasteiger partial charge in [-0.25, -0.2) is 4.79 Å². The van der Waals surface area contributed by atoms with Gasteiger partial charge in [-0.05, 0) is 30.5 Å². The van der Waals surface area contributed by atoms with Crippen molar-refractivity contribution < 1.29 is 19.1 Å². The molecule has 0 radical (unpaired) electrons. The summed E-state index contributed by atoms with van der Waals surface area (Å²) in [5, 5.41) is 7.18. The zero-order valence-corrected chi connectivity index (χ0v) is 16.7. The van der Waals surface area contributed by atoms with Crippen LogP contribution < -0.4 is 10.1 Å². The van der Waals surface area contributed by atoms with E-state index in [1.165, 1.54) is 0 Å². The van der Waals surface area contributed by atoms with Crippen molar-refractivity contribution in [3.63, 3.8) is 0 Å². The molecule has 0 saturated carbocycles. The van der Waals surface area contributed by atoms with Crippen LogP contribution in [-0.2, 0) is 22.6 Å². The van der Waals surface area contributed by atoms with E-state index in [1.54, 1.807) is 30.8 Å². The molecule has 1 aromatic carbocycles. The average Bonchev–Trinajstić information content (AvgIpc) is 2.91. The van der Waals surface area contributed by atoms with Gasteiger partial charge in [0.1, 0.15) is 16.5 Å². The van der Waals surface area contributed by atoms with Gasteiger partial charge in [-0.3, -0.25) is 9.48 Å². The summed E-state index contributed by atoms with van der Waals surface area (Å²) >= 11 is 6.24. The molecule has 0 atom stereocenters. The number of esters is 1. The van der Waals surface area contributed by atoms with Gasteiger partial charge >= 0.3 is 5.97 Å². The number of hydrogen-bond donors (Lipinski definition) is 1. The lowest BCUT2D eigenvalue weighted by Crippen LogP contribution is -2.28. The molecule has 8 heteroatoms. The Bertz CT molecular complexity index is 800. The van der Waals surface area contributed by atoms with E-state index in [0.29, 0.717) is 24.7 Å². The van der Waals surface area contributed by atoms with Gasteiger partial charge in [-0.1, -0.05) is 37.6 Å². The van der Waals surface area contributed by atoms with Crippen molar-refractivity contribution in [2.75, 3.05) is 13.7 Å². The summed E-state index contributed by atoms with van der Waals surface area (Å²) in [7, 11) is 1.59. The summed E-state index contributed by atoms with van der Waals surface area (Å²) in [6.07, 6.45) is 0. The maximum atomic E-state index is 12.3. The lowest BCUT2D eigenvalue weighted by atomic mass is 10.2. The first-order valence-electron chi connectivity index (χ1n) is 8.61. The van der Waals surface area contributed by atoms with Crippen LogP contribution in [0, 0.1) is 12.8 Å². The summed E-state index contributed by atoms with van der Waals surface area (Å²) < 4.78 is 11.7. The Morgan fingerprint density at radius 1 is 1.26 bits per heavy atom. The van der Waals surface area contributed by atoms with E-state index in [4.69, 9.17) is 21.1 Å². The molecule has 1 N–H and O–H groups in total. The van der Waals surface area contributed by atoms with E-state index < -0.39 is 11.9 Å². The molecule has 27 heavy (non-hydrogen) atoms. The van der Waals surface area contributed by atoms with Crippen molar-refractivity contribution in [2.24, 2.45) is 5.92 Å². The Kier molecular flexibility index (Phi) is 7.24. The zero-order valence-electron chi connectivity index (χ0n) is 15.9. The first kappa shape index (κ1) is 20.8. The van der Waals surface area contributed by atoms with Gasteiger partial charge in [0.05, 0.1) is 12.8 Å². The van der Waals surface area contributed by atoms with Crippen molar-refractivity contribution >= 4 is 23.5 Å². The van der Waals surface area contributed by atoms with Gasteiger partial charge in [0, 0.05) is 13.1 Å². The molecule has 0 fully saturated rings. The number of aromatic nitrogens is 2. The van der Waals surface area contributed by atoms with Crippen LogP contribution in [0.5, 0.6) is 5.75 Å². The molecule has 0 spiro atoms. The normalized spacial score (nSPS) is 10.7. The quantitative estimate of drug-likeness (QED) is 0.697. The maximum Gasteiger partial charge on any atom is 0.343 e. The first-order valence-corrected chi connectivity index (χ1v) is 8.99. The molecular weight excluding hydrogens is 370 g/mol. The molecule has 146 valence electrons. The number of carbonyl (C=O) groups excluding carboxylic acids is 2. The Morgan fingerprint density at radius 2 is 1.93 bits per heavy atom. The Hall–Kier alpha value is -2.54. The number of methoxy groups -OCH3 is 1. The lowest BCUT2D eigenvalue weighted by Gasteiger charge is -2.08. The standard InChI is InChI=1S/C19H24ClN3O4/c1-12(2)10-23-18(20)17(13(3)22-23)19(25)27-11-16(24)21-9-14-5-7-15(26-4)8-6-14/h5-8,12H,9-11H2,1-4H3,(H,21,24). The number of halogens is 1. The smallest absolute Gasteiger partial charge is 0.343 e. The molecule has 0 saturated heterocycles. The SMILES string of the molecule is COc1ccc(CNC(=O)COC(=O)c2c(C)nn(CC(C)C)c2Cl)cc1. The van der Waals surface area contributed by atoms with Gasteiger partial charge in [0.2, 0.25) is 0 Å². The van der Waals surface area contributed by atoms with Crippen molar-refractivity contribution in [3.05, 3.63) is 46.2 Å². The van der Waals surface area contributed by atoms with E-state index in [-0.39, 0.29) is 17.3 Å². The van der Waals surface area contributed by atoms with Crippen LogP contribution in [0.25, 0.3) is 0 Å². The van der Waals surface area contributed by atoms with Crippen LogP contribution in [0.1, 0.15) is 35.5 Å². The fourth-order valence-corrected chi connectivity index (χ4v) is 2.77. The molecule has 2 rings (SSSR count). The molecule has 1 heterocycles. The highest BCUT2D eigenvalue weighted by Crippen LogP contribution is 2.21. The van der Waals surface area contributed by atoms with Crippen molar-refractivity contribution in [2.45, 2.75) is 33.9 Å². The molecule has 0 aliphatic heterocycles. The molecule has 0 unspecified atom stereocenters. The van der Waals surface area contributed by atoms with E-state index in [1.807, 2.05) is 26.0 Å². The summed E-state index contributed by atoms with van der Waals surface area (Å²) in [6.45, 7) is 6.27. The average molecular weight is 394 g/mol. The van der Waals surface area contributed by atoms with E-state index in [0.717, 1.165) is 11.3 Å².